The van der Waals surface area contributed by atoms with Crippen molar-refractivity contribution in [1.29, 1.82) is 0 Å². The average molecular weight is 211 g/mol. The molecule has 80 valence electrons. The predicted molar refractivity (Wildman–Crippen MR) is 48.7 cm³/mol. The number of carbonyl (C=O) groups excluding carboxylic acids is 1. The fraction of sp³-hybridized carbons (Fsp3) is 0.222. The van der Waals surface area contributed by atoms with Crippen LogP contribution in [0.25, 0.3) is 0 Å². The molecule has 1 heterocycles. The minimum atomic E-state index is -1.08. The number of hydrogen-bond acceptors (Lipinski definition) is 5. The molecule has 0 unspecified atom stereocenters. The SMILES string of the molecule is COC(=O)c1ccc(OCC(=O)O)cn1. The second-order valence-electron chi connectivity index (χ2n) is 2.55. The molecule has 6 nitrogen and oxygen atoms in total. The van der Waals surface area contributed by atoms with Gasteiger partial charge in [-0.15, -0.1) is 0 Å². The predicted octanol–water partition coefficient (Wildman–Crippen LogP) is 0.332. The summed E-state index contributed by atoms with van der Waals surface area (Å²) in [6.45, 7) is -0.445. The molecule has 0 amide bonds. The van der Waals surface area contributed by atoms with Crippen LogP contribution in [0.4, 0.5) is 0 Å². The first-order chi connectivity index (χ1) is 7.13. The molecule has 0 saturated heterocycles. The number of methoxy groups -OCH3 is 1. The summed E-state index contributed by atoms with van der Waals surface area (Å²) in [6.07, 6.45) is 1.26. The lowest BCUT2D eigenvalue weighted by Gasteiger charge is -2.02. The molecule has 1 N–H and O–H groups in total. The van der Waals surface area contributed by atoms with E-state index in [-0.39, 0.29) is 11.4 Å². The molecule has 0 radical (unpaired) electrons. The van der Waals surface area contributed by atoms with E-state index < -0.39 is 18.5 Å². The maximum absolute atomic E-state index is 11.0. The van der Waals surface area contributed by atoms with E-state index in [9.17, 15) is 9.59 Å². The lowest BCUT2D eigenvalue weighted by Crippen LogP contribution is -2.10. The number of esters is 1. The largest absolute Gasteiger partial charge is 0.480 e. The van der Waals surface area contributed by atoms with Crippen LogP contribution in [0.5, 0.6) is 5.75 Å². The lowest BCUT2D eigenvalue weighted by molar-refractivity contribution is -0.139. The van der Waals surface area contributed by atoms with Crippen LogP contribution in [-0.2, 0) is 9.53 Å². The summed E-state index contributed by atoms with van der Waals surface area (Å²) in [5.74, 6) is -1.35. The molecule has 1 aromatic rings. The molecule has 0 aliphatic heterocycles. The van der Waals surface area contributed by atoms with Crippen LogP contribution in [0.3, 0.4) is 0 Å². The molecule has 6 heteroatoms. The van der Waals surface area contributed by atoms with Gasteiger partial charge in [-0.25, -0.2) is 14.6 Å². The first-order valence-electron chi connectivity index (χ1n) is 4.02. The van der Waals surface area contributed by atoms with E-state index in [4.69, 9.17) is 9.84 Å². The summed E-state index contributed by atoms with van der Waals surface area (Å²) < 4.78 is 9.26. The fourth-order valence-electron chi connectivity index (χ4n) is 0.836. The minimum absolute atomic E-state index is 0.139. The van der Waals surface area contributed by atoms with Gasteiger partial charge in [-0.1, -0.05) is 0 Å². The number of hydrogen-bond donors (Lipinski definition) is 1. The van der Waals surface area contributed by atoms with Crippen LogP contribution < -0.4 is 4.74 Å². The highest BCUT2D eigenvalue weighted by atomic mass is 16.5. The van der Waals surface area contributed by atoms with Crippen molar-refractivity contribution in [2.45, 2.75) is 0 Å². The number of aliphatic carboxylic acids is 1. The van der Waals surface area contributed by atoms with Crippen molar-refractivity contribution in [1.82, 2.24) is 4.98 Å². The van der Waals surface area contributed by atoms with E-state index in [1.807, 2.05) is 0 Å². The number of carboxylic acids is 1. The number of pyridine rings is 1. The molecular weight excluding hydrogens is 202 g/mol. The summed E-state index contributed by atoms with van der Waals surface area (Å²) in [7, 11) is 1.25. The van der Waals surface area contributed by atoms with Crippen molar-refractivity contribution < 1.29 is 24.2 Å². The smallest absolute Gasteiger partial charge is 0.356 e. The van der Waals surface area contributed by atoms with Crippen molar-refractivity contribution in [3.05, 3.63) is 24.0 Å². The van der Waals surface area contributed by atoms with Crippen LogP contribution in [0.15, 0.2) is 18.3 Å². The Kier molecular flexibility index (Phi) is 3.61. The van der Waals surface area contributed by atoms with Gasteiger partial charge in [0.2, 0.25) is 0 Å². The molecule has 0 aromatic carbocycles. The Labute approximate surface area is 85.5 Å². The Morgan fingerprint density at radius 3 is 2.67 bits per heavy atom. The molecule has 0 aliphatic carbocycles. The second kappa shape index (κ2) is 4.94. The third-order valence-corrected chi connectivity index (χ3v) is 1.49. The highest BCUT2D eigenvalue weighted by Gasteiger charge is 2.06. The second-order valence-corrected chi connectivity index (χ2v) is 2.55. The minimum Gasteiger partial charge on any atom is -0.480 e. The molecule has 0 bridgehead atoms. The first kappa shape index (κ1) is 11.0. The molecule has 1 rings (SSSR count). The number of aromatic nitrogens is 1. The van der Waals surface area contributed by atoms with Crippen molar-refractivity contribution >= 4 is 11.9 Å². The summed E-state index contributed by atoms with van der Waals surface area (Å²) in [5, 5.41) is 8.34. The topological polar surface area (TPSA) is 85.7 Å². The van der Waals surface area contributed by atoms with Crippen molar-refractivity contribution in [2.24, 2.45) is 0 Å². The maximum atomic E-state index is 11.0. The molecule has 15 heavy (non-hydrogen) atoms. The number of carbonyl (C=O) groups is 2. The Morgan fingerprint density at radius 1 is 1.47 bits per heavy atom. The summed E-state index contributed by atoms with van der Waals surface area (Å²) in [6, 6.07) is 2.84. The van der Waals surface area contributed by atoms with E-state index in [0.717, 1.165) is 0 Å². The van der Waals surface area contributed by atoms with Gasteiger partial charge in [0.05, 0.1) is 13.3 Å². The van der Waals surface area contributed by atoms with Gasteiger partial charge >= 0.3 is 11.9 Å². The Hall–Kier alpha value is -2.11. The molecule has 0 atom stereocenters. The standard InChI is InChI=1S/C9H9NO5/c1-14-9(13)7-3-2-6(4-10-7)15-5-8(11)12/h2-4H,5H2,1H3,(H,11,12). The van der Waals surface area contributed by atoms with Gasteiger partial charge in [-0.3, -0.25) is 0 Å². The third-order valence-electron chi connectivity index (χ3n) is 1.49. The van der Waals surface area contributed by atoms with Gasteiger partial charge in [0.15, 0.2) is 6.61 Å². The van der Waals surface area contributed by atoms with Gasteiger partial charge < -0.3 is 14.6 Å². The molecule has 1 aromatic heterocycles. The zero-order chi connectivity index (χ0) is 11.3. The van der Waals surface area contributed by atoms with E-state index in [2.05, 4.69) is 9.72 Å². The van der Waals surface area contributed by atoms with E-state index >= 15 is 0 Å². The van der Waals surface area contributed by atoms with Crippen molar-refractivity contribution in [3.63, 3.8) is 0 Å². The number of rotatable bonds is 4. The van der Waals surface area contributed by atoms with Gasteiger partial charge in [-0.05, 0) is 12.1 Å². The summed E-state index contributed by atoms with van der Waals surface area (Å²) >= 11 is 0. The first-order valence-corrected chi connectivity index (χ1v) is 4.02. The van der Waals surface area contributed by atoms with E-state index in [1.54, 1.807) is 0 Å². The highest BCUT2D eigenvalue weighted by molar-refractivity contribution is 5.87. The zero-order valence-electron chi connectivity index (χ0n) is 7.97. The molecule has 0 saturated carbocycles. The van der Waals surface area contributed by atoms with Crippen molar-refractivity contribution in [3.8, 4) is 5.75 Å². The third kappa shape index (κ3) is 3.26. The normalized spacial score (nSPS) is 9.40. The molecule has 0 fully saturated rings. The lowest BCUT2D eigenvalue weighted by atomic mass is 10.3. The Morgan fingerprint density at radius 2 is 2.20 bits per heavy atom. The van der Waals surface area contributed by atoms with Crippen molar-refractivity contribution in [2.75, 3.05) is 13.7 Å². The number of ether oxygens (including phenoxy) is 2. The van der Waals surface area contributed by atoms with Crippen LogP contribution in [0, 0.1) is 0 Å². The van der Waals surface area contributed by atoms with Crippen LogP contribution in [0.2, 0.25) is 0 Å². The fourth-order valence-corrected chi connectivity index (χ4v) is 0.836. The zero-order valence-corrected chi connectivity index (χ0v) is 7.97. The summed E-state index contributed by atoms with van der Waals surface area (Å²) in [4.78, 5) is 24.9. The van der Waals surface area contributed by atoms with Gasteiger partial charge in [0.25, 0.3) is 0 Å². The molecule has 0 spiro atoms. The van der Waals surface area contributed by atoms with Gasteiger partial charge in [-0.2, -0.15) is 0 Å². The maximum Gasteiger partial charge on any atom is 0.356 e. The van der Waals surface area contributed by atoms with Crippen LogP contribution >= 0.6 is 0 Å². The Bertz CT molecular complexity index is 359. The van der Waals surface area contributed by atoms with Gasteiger partial charge in [0.1, 0.15) is 11.4 Å². The summed E-state index contributed by atoms with van der Waals surface area (Å²) in [5.41, 5.74) is 0.139. The van der Waals surface area contributed by atoms with Gasteiger partial charge in [0, 0.05) is 0 Å². The molecule has 0 aliphatic rings. The monoisotopic (exact) mass is 211 g/mol. The number of carboxylic acid groups (broad SMARTS) is 1. The van der Waals surface area contributed by atoms with E-state index in [0.29, 0.717) is 0 Å². The van der Waals surface area contributed by atoms with E-state index in [1.165, 1.54) is 25.4 Å². The quantitative estimate of drug-likeness (QED) is 0.722. The van der Waals surface area contributed by atoms with Crippen LogP contribution in [0.1, 0.15) is 10.5 Å². The molecular formula is C9H9NO5. The Balaban J connectivity index is 2.64. The highest BCUT2D eigenvalue weighted by Crippen LogP contribution is 2.09. The van der Waals surface area contributed by atoms with Crippen LogP contribution in [-0.4, -0.2) is 35.7 Å². The number of nitrogens with zero attached hydrogens (tertiary/aromatic N) is 1. The average Bonchev–Trinajstić information content (AvgIpc) is 2.26.